The molecule has 2 nitrogen and oxygen atoms in total. The van der Waals surface area contributed by atoms with Gasteiger partial charge in [0.05, 0.1) is 5.60 Å². The molecule has 0 amide bonds. The number of aryl methyl sites for hydroxylation is 1. The molecule has 1 aliphatic heterocycles. The molecule has 2 aliphatic rings. The normalized spacial score (nSPS) is 26.7. The Labute approximate surface area is 136 Å². The van der Waals surface area contributed by atoms with Crippen molar-refractivity contribution in [2.24, 2.45) is 11.7 Å². The standard InChI is InChI=1S/C18H26BrNO/c1-13-5-6-14(11-16(13)19)17(20)15-7-10-21-18(12-15)8-3-2-4-9-18/h5-6,11,15,17H,2-4,7-10,12,20H2,1H3. The van der Waals surface area contributed by atoms with Crippen LogP contribution in [0.4, 0.5) is 0 Å². The third kappa shape index (κ3) is 3.35. The molecule has 21 heavy (non-hydrogen) atoms. The zero-order valence-electron chi connectivity index (χ0n) is 12.9. The van der Waals surface area contributed by atoms with Crippen LogP contribution in [-0.2, 0) is 4.74 Å². The van der Waals surface area contributed by atoms with E-state index in [0.717, 1.165) is 23.9 Å². The minimum absolute atomic E-state index is 0.129. The van der Waals surface area contributed by atoms with Crippen LogP contribution in [0.3, 0.4) is 0 Å². The van der Waals surface area contributed by atoms with Crippen molar-refractivity contribution < 1.29 is 4.74 Å². The Morgan fingerprint density at radius 1 is 1.29 bits per heavy atom. The molecule has 1 saturated carbocycles. The van der Waals surface area contributed by atoms with Gasteiger partial charge in [0.15, 0.2) is 0 Å². The number of nitrogens with two attached hydrogens (primary N) is 1. The highest BCUT2D eigenvalue weighted by Gasteiger charge is 2.40. The molecular weight excluding hydrogens is 326 g/mol. The Morgan fingerprint density at radius 2 is 2.05 bits per heavy atom. The molecule has 2 fully saturated rings. The molecule has 1 aromatic rings. The molecule has 3 heteroatoms. The molecule has 0 bridgehead atoms. The maximum atomic E-state index is 6.60. The molecule has 1 heterocycles. The second-order valence-corrected chi connectivity index (χ2v) is 7.73. The predicted molar refractivity (Wildman–Crippen MR) is 90.3 cm³/mol. The van der Waals surface area contributed by atoms with Gasteiger partial charge in [-0.3, -0.25) is 0 Å². The van der Waals surface area contributed by atoms with Gasteiger partial charge < -0.3 is 10.5 Å². The monoisotopic (exact) mass is 351 g/mol. The van der Waals surface area contributed by atoms with Crippen molar-refractivity contribution in [3.63, 3.8) is 0 Å². The first-order valence-electron chi connectivity index (χ1n) is 8.25. The molecule has 2 atom stereocenters. The molecule has 1 saturated heterocycles. The van der Waals surface area contributed by atoms with Gasteiger partial charge >= 0.3 is 0 Å². The minimum Gasteiger partial charge on any atom is -0.375 e. The molecule has 0 radical (unpaired) electrons. The number of ether oxygens (including phenoxy) is 1. The second kappa shape index (κ2) is 6.39. The predicted octanol–water partition coefficient (Wildman–Crippen LogP) is 4.89. The van der Waals surface area contributed by atoms with E-state index < -0.39 is 0 Å². The van der Waals surface area contributed by atoms with Crippen LogP contribution in [0.25, 0.3) is 0 Å². The van der Waals surface area contributed by atoms with E-state index in [-0.39, 0.29) is 11.6 Å². The summed E-state index contributed by atoms with van der Waals surface area (Å²) >= 11 is 3.63. The van der Waals surface area contributed by atoms with Gasteiger partial charge in [0.1, 0.15) is 0 Å². The third-order valence-electron chi connectivity index (χ3n) is 5.38. The fourth-order valence-electron chi connectivity index (χ4n) is 4.01. The van der Waals surface area contributed by atoms with Gasteiger partial charge in [-0.2, -0.15) is 0 Å². The van der Waals surface area contributed by atoms with E-state index in [4.69, 9.17) is 10.5 Å². The second-order valence-electron chi connectivity index (χ2n) is 6.88. The number of halogens is 1. The lowest BCUT2D eigenvalue weighted by Crippen LogP contribution is -2.44. The van der Waals surface area contributed by atoms with E-state index in [1.165, 1.54) is 43.2 Å². The maximum Gasteiger partial charge on any atom is 0.0685 e. The van der Waals surface area contributed by atoms with Gasteiger partial charge in [-0.25, -0.2) is 0 Å². The molecule has 1 aromatic carbocycles. The topological polar surface area (TPSA) is 35.2 Å². The van der Waals surface area contributed by atoms with Crippen LogP contribution < -0.4 is 5.73 Å². The summed E-state index contributed by atoms with van der Waals surface area (Å²) in [5, 5.41) is 0. The lowest BCUT2D eigenvalue weighted by molar-refractivity contribution is -0.120. The molecule has 1 aliphatic carbocycles. The summed E-state index contributed by atoms with van der Waals surface area (Å²) in [5.74, 6) is 0.548. The van der Waals surface area contributed by atoms with E-state index in [0.29, 0.717) is 5.92 Å². The Morgan fingerprint density at radius 3 is 2.76 bits per heavy atom. The van der Waals surface area contributed by atoms with Gasteiger partial charge in [0.25, 0.3) is 0 Å². The lowest BCUT2D eigenvalue weighted by Gasteiger charge is -2.45. The number of hydrogen-bond acceptors (Lipinski definition) is 2. The van der Waals surface area contributed by atoms with Crippen LogP contribution in [0, 0.1) is 12.8 Å². The van der Waals surface area contributed by atoms with E-state index in [1.807, 2.05) is 0 Å². The summed E-state index contributed by atoms with van der Waals surface area (Å²) in [6.45, 7) is 3.00. The summed E-state index contributed by atoms with van der Waals surface area (Å²) < 4.78 is 7.36. The fourth-order valence-corrected chi connectivity index (χ4v) is 4.40. The molecular formula is C18H26BrNO. The Hall–Kier alpha value is -0.380. The van der Waals surface area contributed by atoms with Crippen molar-refractivity contribution in [2.75, 3.05) is 6.61 Å². The van der Waals surface area contributed by atoms with Crippen LogP contribution in [-0.4, -0.2) is 12.2 Å². The zero-order chi connectivity index (χ0) is 14.9. The van der Waals surface area contributed by atoms with Gasteiger partial charge in [0, 0.05) is 17.1 Å². The van der Waals surface area contributed by atoms with E-state index >= 15 is 0 Å². The SMILES string of the molecule is Cc1ccc(C(N)C2CCOC3(CCCCC3)C2)cc1Br. The van der Waals surface area contributed by atoms with Crippen molar-refractivity contribution in [3.05, 3.63) is 33.8 Å². The van der Waals surface area contributed by atoms with Crippen LogP contribution in [0.1, 0.15) is 62.1 Å². The summed E-state index contributed by atoms with van der Waals surface area (Å²) in [4.78, 5) is 0. The number of hydrogen-bond donors (Lipinski definition) is 1. The van der Waals surface area contributed by atoms with Crippen molar-refractivity contribution in [1.29, 1.82) is 0 Å². The molecule has 3 rings (SSSR count). The first-order valence-corrected chi connectivity index (χ1v) is 9.05. The summed E-state index contributed by atoms with van der Waals surface area (Å²) in [7, 11) is 0. The highest BCUT2D eigenvalue weighted by Crippen LogP contribution is 2.43. The Bertz CT molecular complexity index is 490. The zero-order valence-corrected chi connectivity index (χ0v) is 14.5. The van der Waals surface area contributed by atoms with Crippen LogP contribution in [0.5, 0.6) is 0 Å². The van der Waals surface area contributed by atoms with Crippen molar-refractivity contribution in [1.82, 2.24) is 0 Å². The summed E-state index contributed by atoms with van der Waals surface area (Å²) in [5.41, 5.74) is 9.26. The number of benzene rings is 1. The Kier molecular flexibility index (Phi) is 4.72. The van der Waals surface area contributed by atoms with E-state index in [2.05, 4.69) is 41.1 Å². The van der Waals surface area contributed by atoms with Gasteiger partial charge in [-0.1, -0.05) is 47.3 Å². The van der Waals surface area contributed by atoms with Gasteiger partial charge in [-0.15, -0.1) is 0 Å². The molecule has 0 aromatic heterocycles. The Balaban J connectivity index is 1.74. The van der Waals surface area contributed by atoms with Crippen LogP contribution in [0.2, 0.25) is 0 Å². The molecule has 2 unspecified atom stereocenters. The largest absolute Gasteiger partial charge is 0.375 e. The molecule has 2 N–H and O–H groups in total. The minimum atomic E-state index is 0.129. The number of rotatable bonds is 2. The summed E-state index contributed by atoms with van der Waals surface area (Å²) in [6, 6.07) is 6.68. The lowest BCUT2D eigenvalue weighted by atomic mass is 9.73. The highest BCUT2D eigenvalue weighted by molar-refractivity contribution is 9.10. The van der Waals surface area contributed by atoms with Gasteiger partial charge in [-0.05, 0) is 55.7 Å². The van der Waals surface area contributed by atoms with Crippen molar-refractivity contribution in [2.45, 2.75) is 63.5 Å². The molecule has 116 valence electrons. The highest BCUT2D eigenvalue weighted by atomic mass is 79.9. The smallest absolute Gasteiger partial charge is 0.0685 e. The summed E-state index contributed by atoms with van der Waals surface area (Å²) in [6.07, 6.45) is 8.69. The van der Waals surface area contributed by atoms with Gasteiger partial charge in [0.2, 0.25) is 0 Å². The fraction of sp³-hybridized carbons (Fsp3) is 0.667. The average molecular weight is 352 g/mol. The van der Waals surface area contributed by atoms with E-state index in [1.54, 1.807) is 0 Å². The third-order valence-corrected chi connectivity index (χ3v) is 6.24. The van der Waals surface area contributed by atoms with Crippen LogP contribution >= 0.6 is 15.9 Å². The first kappa shape index (κ1) is 15.5. The quantitative estimate of drug-likeness (QED) is 0.823. The molecule has 1 spiro atoms. The first-order chi connectivity index (χ1) is 10.1. The van der Waals surface area contributed by atoms with Crippen LogP contribution in [0.15, 0.2) is 22.7 Å². The average Bonchev–Trinajstić information content (AvgIpc) is 2.50. The van der Waals surface area contributed by atoms with E-state index in [9.17, 15) is 0 Å². The maximum absolute atomic E-state index is 6.60. The van der Waals surface area contributed by atoms with Crippen molar-refractivity contribution >= 4 is 15.9 Å². The van der Waals surface area contributed by atoms with Crippen molar-refractivity contribution in [3.8, 4) is 0 Å².